The molecule has 0 radical (unpaired) electrons. The molecule has 16 heavy (non-hydrogen) atoms. The van der Waals surface area contributed by atoms with Crippen LogP contribution in [0.2, 0.25) is 5.02 Å². The molecule has 0 spiro atoms. The van der Waals surface area contributed by atoms with E-state index in [0.717, 1.165) is 15.8 Å². The zero-order valence-electron chi connectivity index (χ0n) is 9.25. The van der Waals surface area contributed by atoms with E-state index in [0.29, 0.717) is 0 Å². The zero-order chi connectivity index (χ0) is 11.8. The van der Waals surface area contributed by atoms with Crippen LogP contribution in [0.5, 0.6) is 0 Å². The molecule has 0 aliphatic rings. The van der Waals surface area contributed by atoms with E-state index >= 15 is 0 Å². The van der Waals surface area contributed by atoms with Crippen LogP contribution in [0.25, 0.3) is 0 Å². The number of benzene rings is 1. The number of hydrogen-bond donors (Lipinski definition) is 1. The number of H-pyrrole nitrogens is 1. The Hall–Kier alpha value is -1.06. The van der Waals surface area contributed by atoms with Gasteiger partial charge < -0.3 is 0 Å². The van der Waals surface area contributed by atoms with Gasteiger partial charge in [0.05, 0.1) is 5.41 Å². The minimum atomic E-state index is -0.0846. The van der Waals surface area contributed by atoms with E-state index in [4.69, 9.17) is 17.3 Å². The van der Waals surface area contributed by atoms with Gasteiger partial charge in [0.25, 0.3) is 0 Å². The molecule has 4 heteroatoms. The van der Waals surface area contributed by atoms with Gasteiger partial charge in [-0.2, -0.15) is 0 Å². The Morgan fingerprint density at radius 1 is 1.25 bits per heavy atom. The van der Waals surface area contributed by atoms with Crippen molar-refractivity contribution in [3.05, 3.63) is 45.9 Å². The Balaban J connectivity index is 2.42. The van der Waals surface area contributed by atoms with Crippen LogP contribution in [0, 0.1) is 0 Å². The number of halogens is 1. The average Bonchev–Trinajstić information content (AvgIpc) is 2.66. The van der Waals surface area contributed by atoms with Crippen LogP contribution in [0.3, 0.4) is 0 Å². The van der Waals surface area contributed by atoms with E-state index in [1.807, 2.05) is 24.3 Å². The second kappa shape index (κ2) is 4.07. The Labute approximate surface area is 104 Å². The quantitative estimate of drug-likeness (QED) is 0.878. The fourth-order valence-corrected chi connectivity index (χ4v) is 2.53. The number of nitrogen functional groups attached to an aromatic ring is 1. The van der Waals surface area contributed by atoms with Crippen LogP contribution in [0.1, 0.15) is 25.1 Å². The predicted octanol–water partition coefficient (Wildman–Crippen LogP) is 3.12. The van der Waals surface area contributed by atoms with Crippen LogP contribution in [-0.4, -0.2) is 0 Å². The smallest absolute Gasteiger partial charge is 0.278 e. The molecule has 0 unspecified atom stereocenters. The first kappa shape index (κ1) is 11.4. The van der Waals surface area contributed by atoms with Gasteiger partial charge in [-0.3, -0.25) is 5.73 Å². The van der Waals surface area contributed by atoms with E-state index in [9.17, 15) is 0 Å². The van der Waals surface area contributed by atoms with Gasteiger partial charge in [-0.15, -0.1) is 0 Å². The van der Waals surface area contributed by atoms with Gasteiger partial charge in [-0.1, -0.05) is 35.1 Å². The molecule has 0 amide bonds. The Morgan fingerprint density at radius 3 is 2.38 bits per heavy atom. The van der Waals surface area contributed by atoms with E-state index in [2.05, 4.69) is 24.2 Å². The highest BCUT2D eigenvalue weighted by molar-refractivity contribution is 7.13. The van der Waals surface area contributed by atoms with Crippen molar-refractivity contribution in [1.29, 1.82) is 0 Å². The second-order valence-electron chi connectivity index (χ2n) is 4.27. The average molecular weight is 254 g/mol. The van der Waals surface area contributed by atoms with E-state index in [1.54, 1.807) is 0 Å². The first-order valence-corrected chi connectivity index (χ1v) is 6.29. The van der Waals surface area contributed by atoms with Gasteiger partial charge in [-0.25, -0.2) is 4.98 Å². The molecule has 0 bridgehead atoms. The lowest BCUT2D eigenvalue weighted by molar-refractivity contribution is -0.372. The summed E-state index contributed by atoms with van der Waals surface area (Å²) < 4.78 is 0. The fourth-order valence-electron chi connectivity index (χ4n) is 1.64. The molecule has 0 atom stereocenters. The van der Waals surface area contributed by atoms with Crippen molar-refractivity contribution in [3.63, 3.8) is 0 Å². The van der Waals surface area contributed by atoms with Crippen LogP contribution in [-0.2, 0) is 5.41 Å². The Bertz CT molecular complexity index is 488. The summed E-state index contributed by atoms with van der Waals surface area (Å²) in [6.07, 6.45) is 0. The first-order chi connectivity index (χ1) is 7.50. The van der Waals surface area contributed by atoms with Gasteiger partial charge in [0.1, 0.15) is 5.69 Å². The summed E-state index contributed by atoms with van der Waals surface area (Å²) in [7, 11) is 0. The van der Waals surface area contributed by atoms with Crippen molar-refractivity contribution in [1.82, 2.24) is 0 Å². The minimum absolute atomic E-state index is 0.0846. The summed E-state index contributed by atoms with van der Waals surface area (Å²) in [4.78, 5) is 3.19. The lowest BCUT2D eigenvalue weighted by Crippen LogP contribution is -2.27. The van der Waals surface area contributed by atoms with Crippen LogP contribution in [0.4, 0.5) is 5.13 Å². The molecule has 2 rings (SSSR count). The van der Waals surface area contributed by atoms with Crippen molar-refractivity contribution in [2.45, 2.75) is 19.3 Å². The maximum atomic E-state index is 5.89. The number of anilines is 1. The number of nitrogens with two attached hydrogens (primary N) is 1. The Morgan fingerprint density at radius 2 is 1.88 bits per heavy atom. The highest BCUT2D eigenvalue weighted by Crippen LogP contribution is 2.31. The van der Waals surface area contributed by atoms with Crippen LogP contribution in [0.15, 0.2) is 29.6 Å². The normalized spacial score (nSPS) is 11.7. The topological polar surface area (TPSA) is 40.2 Å². The summed E-state index contributed by atoms with van der Waals surface area (Å²) in [5.74, 6) is 0. The molecular formula is C12H14ClN2S+. The van der Waals surface area contributed by atoms with Crippen molar-refractivity contribution in [2.24, 2.45) is 0 Å². The monoisotopic (exact) mass is 253 g/mol. The van der Waals surface area contributed by atoms with Gasteiger partial charge >= 0.3 is 5.13 Å². The van der Waals surface area contributed by atoms with Crippen molar-refractivity contribution in [3.8, 4) is 0 Å². The number of rotatable bonds is 2. The first-order valence-electron chi connectivity index (χ1n) is 5.03. The van der Waals surface area contributed by atoms with Gasteiger partial charge in [0.2, 0.25) is 0 Å². The van der Waals surface area contributed by atoms with Crippen molar-refractivity contribution < 1.29 is 4.98 Å². The van der Waals surface area contributed by atoms with Crippen LogP contribution >= 0.6 is 22.9 Å². The third-order valence-corrected chi connectivity index (χ3v) is 3.76. The molecule has 0 saturated carbocycles. The largest absolute Gasteiger partial charge is 0.329 e. The molecule has 0 aliphatic heterocycles. The molecule has 0 aliphatic carbocycles. The summed E-state index contributed by atoms with van der Waals surface area (Å²) in [6, 6.07) is 7.91. The summed E-state index contributed by atoms with van der Waals surface area (Å²) >= 11 is 7.41. The highest BCUT2D eigenvalue weighted by Gasteiger charge is 2.27. The summed E-state index contributed by atoms with van der Waals surface area (Å²) in [6.45, 7) is 4.32. The third-order valence-electron chi connectivity index (χ3n) is 2.80. The fraction of sp³-hybridized carbons (Fsp3) is 0.250. The maximum Gasteiger partial charge on any atom is 0.329 e. The number of aromatic nitrogens is 1. The van der Waals surface area contributed by atoms with Gasteiger partial charge in [-0.05, 0) is 31.5 Å². The van der Waals surface area contributed by atoms with Crippen LogP contribution < -0.4 is 10.7 Å². The molecule has 1 heterocycles. The minimum Gasteiger partial charge on any atom is -0.278 e. The van der Waals surface area contributed by atoms with E-state index < -0.39 is 0 Å². The molecule has 0 saturated heterocycles. The maximum absolute atomic E-state index is 5.89. The van der Waals surface area contributed by atoms with Gasteiger partial charge in [0, 0.05) is 10.4 Å². The second-order valence-corrected chi connectivity index (χ2v) is 5.62. The van der Waals surface area contributed by atoms with E-state index in [-0.39, 0.29) is 5.41 Å². The lowest BCUT2D eigenvalue weighted by Gasteiger charge is -2.21. The molecule has 84 valence electrons. The molecule has 1 aromatic heterocycles. The molecule has 2 nitrogen and oxygen atoms in total. The molecule has 0 fully saturated rings. The predicted molar refractivity (Wildman–Crippen MR) is 68.9 cm³/mol. The number of hydrogen-bond acceptors (Lipinski definition) is 2. The number of thiazole rings is 1. The molecule has 2 aromatic rings. The standard InChI is InChI=1S/C12H13ClN2S/c1-12(2,10-7-16-11(14)15-10)8-3-5-9(13)6-4-8/h3-7H,1-2H3,(H2,14,15)/p+1. The zero-order valence-corrected chi connectivity index (χ0v) is 10.8. The SMILES string of the molecule is CC(C)(c1ccc(Cl)cc1)c1csc(N)[nH+]1. The van der Waals surface area contributed by atoms with Gasteiger partial charge in [0.15, 0.2) is 0 Å². The van der Waals surface area contributed by atoms with Crippen molar-refractivity contribution in [2.75, 3.05) is 5.73 Å². The third kappa shape index (κ3) is 2.06. The Kier molecular flexibility index (Phi) is 2.91. The molecule has 3 N–H and O–H groups in total. The summed E-state index contributed by atoms with van der Waals surface area (Å²) in [5.41, 5.74) is 7.97. The lowest BCUT2D eigenvalue weighted by atomic mass is 9.82. The van der Waals surface area contributed by atoms with Crippen molar-refractivity contribution >= 4 is 28.1 Å². The molecule has 1 aromatic carbocycles. The number of aromatic amines is 1. The summed E-state index contributed by atoms with van der Waals surface area (Å²) in [5, 5.41) is 3.55. The van der Waals surface area contributed by atoms with E-state index in [1.165, 1.54) is 16.9 Å². The molecular weight excluding hydrogens is 240 g/mol. The number of nitrogens with one attached hydrogen (secondary N) is 1. The highest BCUT2D eigenvalue weighted by atomic mass is 35.5.